The van der Waals surface area contributed by atoms with Gasteiger partial charge in [0.2, 0.25) is 0 Å². The van der Waals surface area contributed by atoms with Gasteiger partial charge in [0.1, 0.15) is 0 Å². The van der Waals surface area contributed by atoms with Crippen LogP contribution in [-0.4, -0.2) is 21.4 Å². The summed E-state index contributed by atoms with van der Waals surface area (Å²) in [5.74, 6) is 0. The first-order valence-electron chi connectivity index (χ1n) is 6.16. The van der Waals surface area contributed by atoms with Crippen molar-refractivity contribution < 1.29 is 0 Å². The second kappa shape index (κ2) is 5.71. The second-order valence-electron chi connectivity index (χ2n) is 4.34. The molecule has 2 aromatic rings. The number of rotatable bonds is 5. The summed E-state index contributed by atoms with van der Waals surface area (Å²) >= 11 is 3.66. The maximum Gasteiger partial charge on any atom is 0.0767 e. The van der Waals surface area contributed by atoms with Crippen molar-refractivity contribution in [3.63, 3.8) is 0 Å². The predicted molar refractivity (Wildman–Crippen MR) is 76.6 cm³/mol. The lowest BCUT2D eigenvalue weighted by Crippen LogP contribution is -2.13. The molecule has 98 valence electrons. The van der Waals surface area contributed by atoms with Gasteiger partial charge in [-0.05, 0) is 41.5 Å². The number of nitrogens with one attached hydrogen (secondary N) is 1. The molecule has 0 aromatic carbocycles. The third kappa shape index (κ3) is 2.52. The van der Waals surface area contributed by atoms with Crippen molar-refractivity contribution in [2.75, 3.05) is 7.05 Å². The zero-order valence-electron chi connectivity index (χ0n) is 11.1. The lowest BCUT2D eigenvalue weighted by molar-refractivity contribution is 0.633. The highest BCUT2D eigenvalue weighted by molar-refractivity contribution is 9.10. The van der Waals surface area contributed by atoms with E-state index in [0.717, 1.165) is 29.7 Å². The van der Waals surface area contributed by atoms with Crippen LogP contribution in [0.1, 0.15) is 24.0 Å². The van der Waals surface area contributed by atoms with Crippen LogP contribution in [0.25, 0.3) is 0 Å². The van der Waals surface area contributed by atoms with E-state index in [1.807, 2.05) is 18.8 Å². The minimum atomic E-state index is 0.841. The summed E-state index contributed by atoms with van der Waals surface area (Å²) < 4.78 is 5.35. The monoisotopic (exact) mass is 310 g/mol. The average molecular weight is 311 g/mol. The SMILES string of the molecule is CCc1nn(C)c(Cn2cccc2CNC)c1Br. The van der Waals surface area contributed by atoms with Crippen LogP contribution in [0.2, 0.25) is 0 Å². The van der Waals surface area contributed by atoms with Gasteiger partial charge in [-0.25, -0.2) is 0 Å². The number of hydrogen-bond donors (Lipinski definition) is 1. The topological polar surface area (TPSA) is 34.8 Å². The van der Waals surface area contributed by atoms with E-state index in [0.29, 0.717) is 0 Å². The highest BCUT2D eigenvalue weighted by Gasteiger charge is 2.13. The molecule has 0 bridgehead atoms. The molecule has 2 rings (SSSR count). The van der Waals surface area contributed by atoms with Crippen molar-refractivity contribution in [3.05, 3.63) is 39.9 Å². The van der Waals surface area contributed by atoms with Gasteiger partial charge >= 0.3 is 0 Å². The fraction of sp³-hybridized carbons (Fsp3) is 0.462. The number of hydrogen-bond acceptors (Lipinski definition) is 2. The lowest BCUT2D eigenvalue weighted by Gasteiger charge is -2.09. The Labute approximate surface area is 116 Å². The maximum absolute atomic E-state index is 4.53. The van der Waals surface area contributed by atoms with Gasteiger partial charge in [-0.15, -0.1) is 0 Å². The molecule has 0 saturated heterocycles. The first-order chi connectivity index (χ1) is 8.67. The van der Waals surface area contributed by atoms with E-state index >= 15 is 0 Å². The van der Waals surface area contributed by atoms with Gasteiger partial charge in [0.25, 0.3) is 0 Å². The molecule has 5 heteroatoms. The standard InChI is InChI=1S/C13H19BrN4/c1-4-11-13(14)12(17(3)16-11)9-18-7-5-6-10(18)8-15-2/h5-7,15H,4,8-9H2,1-3H3. The number of halogens is 1. The van der Waals surface area contributed by atoms with Crippen LogP contribution < -0.4 is 5.32 Å². The quantitative estimate of drug-likeness (QED) is 0.919. The van der Waals surface area contributed by atoms with E-state index in [1.165, 1.54) is 11.4 Å². The Kier molecular flexibility index (Phi) is 4.24. The summed E-state index contributed by atoms with van der Waals surface area (Å²) in [6, 6.07) is 4.22. The first kappa shape index (κ1) is 13.4. The fourth-order valence-corrected chi connectivity index (χ4v) is 2.84. The van der Waals surface area contributed by atoms with E-state index in [4.69, 9.17) is 0 Å². The van der Waals surface area contributed by atoms with E-state index in [-0.39, 0.29) is 0 Å². The Morgan fingerprint density at radius 2 is 2.22 bits per heavy atom. The molecule has 1 N–H and O–H groups in total. The van der Waals surface area contributed by atoms with Gasteiger partial charge in [-0.1, -0.05) is 6.92 Å². The van der Waals surface area contributed by atoms with Gasteiger partial charge < -0.3 is 9.88 Å². The zero-order chi connectivity index (χ0) is 13.1. The Hall–Kier alpha value is -1.07. The van der Waals surface area contributed by atoms with Gasteiger partial charge in [-0.3, -0.25) is 4.68 Å². The highest BCUT2D eigenvalue weighted by Crippen LogP contribution is 2.22. The third-order valence-electron chi connectivity index (χ3n) is 3.10. The molecule has 2 heterocycles. The van der Waals surface area contributed by atoms with E-state index in [2.05, 4.69) is 56.2 Å². The van der Waals surface area contributed by atoms with Crippen molar-refractivity contribution in [2.24, 2.45) is 7.05 Å². The van der Waals surface area contributed by atoms with Crippen LogP contribution >= 0.6 is 15.9 Å². The van der Waals surface area contributed by atoms with Crippen molar-refractivity contribution in [2.45, 2.75) is 26.4 Å². The molecule has 0 fully saturated rings. The molecular formula is C13H19BrN4. The molecule has 0 spiro atoms. The van der Waals surface area contributed by atoms with Crippen LogP contribution in [0.5, 0.6) is 0 Å². The molecule has 0 atom stereocenters. The summed E-state index contributed by atoms with van der Waals surface area (Å²) in [5.41, 5.74) is 3.61. The van der Waals surface area contributed by atoms with Crippen molar-refractivity contribution >= 4 is 15.9 Å². The summed E-state index contributed by atoms with van der Waals surface area (Å²) in [7, 11) is 3.97. The number of aryl methyl sites for hydroxylation is 2. The van der Waals surface area contributed by atoms with Gasteiger partial charge in [0.05, 0.1) is 22.4 Å². The minimum Gasteiger partial charge on any atom is -0.344 e. The van der Waals surface area contributed by atoms with Crippen molar-refractivity contribution in [1.82, 2.24) is 19.7 Å². The number of aromatic nitrogens is 3. The molecular weight excluding hydrogens is 292 g/mol. The van der Waals surface area contributed by atoms with E-state index < -0.39 is 0 Å². The second-order valence-corrected chi connectivity index (χ2v) is 5.14. The summed E-state index contributed by atoms with van der Waals surface area (Å²) in [4.78, 5) is 0. The van der Waals surface area contributed by atoms with Gasteiger partial charge in [-0.2, -0.15) is 5.10 Å². The first-order valence-corrected chi connectivity index (χ1v) is 6.95. The Bertz CT molecular complexity index is 527. The molecule has 0 aliphatic carbocycles. The number of nitrogens with zero attached hydrogens (tertiary/aromatic N) is 3. The van der Waals surface area contributed by atoms with Crippen LogP contribution in [0, 0.1) is 0 Å². The molecule has 0 amide bonds. The van der Waals surface area contributed by atoms with Crippen LogP contribution in [-0.2, 0) is 26.6 Å². The normalized spacial score (nSPS) is 11.1. The predicted octanol–water partition coefficient (Wildman–Crippen LogP) is 2.31. The van der Waals surface area contributed by atoms with Gasteiger partial charge in [0, 0.05) is 25.5 Å². The fourth-order valence-electron chi connectivity index (χ4n) is 2.10. The lowest BCUT2D eigenvalue weighted by atomic mass is 10.3. The largest absolute Gasteiger partial charge is 0.344 e. The van der Waals surface area contributed by atoms with Crippen molar-refractivity contribution in [3.8, 4) is 0 Å². The molecule has 0 aliphatic heterocycles. The Balaban J connectivity index is 2.28. The summed E-state index contributed by atoms with van der Waals surface area (Å²) in [6.07, 6.45) is 3.06. The maximum atomic E-state index is 4.53. The van der Waals surface area contributed by atoms with Crippen LogP contribution in [0.4, 0.5) is 0 Å². The Morgan fingerprint density at radius 1 is 1.44 bits per heavy atom. The average Bonchev–Trinajstić information content (AvgIpc) is 2.89. The molecule has 4 nitrogen and oxygen atoms in total. The van der Waals surface area contributed by atoms with E-state index in [9.17, 15) is 0 Å². The molecule has 0 radical (unpaired) electrons. The van der Waals surface area contributed by atoms with Crippen molar-refractivity contribution in [1.29, 1.82) is 0 Å². The molecule has 2 aromatic heterocycles. The molecule has 18 heavy (non-hydrogen) atoms. The molecule has 0 aliphatic rings. The summed E-state index contributed by atoms with van der Waals surface area (Å²) in [6.45, 7) is 3.84. The van der Waals surface area contributed by atoms with Crippen LogP contribution in [0.15, 0.2) is 22.8 Å². The van der Waals surface area contributed by atoms with Crippen LogP contribution in [0.3, 0.4) is 0 Å². The third-order valence-corrected chi connectivity index (χ3v) is 4.02. The highest BCUT2D eigenvalue weighted by atomic mass is 79.9. The Morgan fingerprint density at radius 3 is 2.83 bits per heavy atom. The molecule has 0 saturated carbocycles. The van der Waals surface area contributed by atoms with Gasteiger partial charge in [0.15, 0.2) is 0 Å². The minimum absolute atomic E-state index is 0.841. The zero-order valence-corrected chi connectivity index (χ0v) is 12.7. The van der Waals surface area contributed by atoms with E-state index in [1.54, 1.807) is 0 Å². The molecule has 0 unspecified atom stereocenters. The smallest absolute Gasteiger partial charge is 0.0767 e. The summed E-state index contributed by atoms with van der Waals surface area (Å²) in [5, 5.41) is 7.71.